The van der Waals surface area contributed by atoms with Crippen molar-refractivity contribution in [1.29, 1.82) is 0 Å². The van der Waals surface area contributed by atoms with Gasteiger partial charge in [-0.1, -0.05) is 5.67 Å². The van der Waals surface area contributed by atoms with Crippen molar-refractivity contribution in [3.63, 3.8) is 0 Å². The van der Waals surface area contributed by atoms with E-state index in [1.807, 2.05) is 4.72 Å². The molecule has 0 spiro atoms. The molecule has 7 nitrogen and oxygen atoms in total. The van der Waals surface area contributed by atoms with Crippen molar-refractivity contribution < 1.29 is 30.7 Å². The second kappa shape index (κ2) is 9.36. The smallest absolute Gasteiger partial charge is 0.268 e. The van der Waals surface area contributed by atoms with Gasteiger partial charge < -0.3 is 10.1 Å². The summed E-state index contributed by atoms with van der Waals surface area (Å²) in [7, 11) is 0.0203. The second-order valence-corrected chi connectivity index (χ2v) is 8.93. The third-order valence-electron chi connectivity index (χ3n) is 4.77. The van der Waals surface area contributed by atoms with Crippen molar-refractivity contribution in [3.8, 4) is 5.75 Å². The van der Waals surface area contributed by atoms with Crippen LogP contribution in [0.2, 0.25) is 0 Å². The van der Waals surface area contributed by atoms with Gasteiger partial charge in [-0.3, -0.25) is 4.72 Å². The van der Waals surface area contributed by atoms with Gasteiger partial charge >= 0.3 is 0 Å². The molecule has 170 valence electrons. The Bertz CT molecular complexity index is 1110. The third kappa shape index (κ3) is 5.33. The van der Waals surface area contributed by atoms with Crippen molar-refractivity contribution in [3.05, 3.63) is 54.1 Å². The maximum Gasteiger partial charge on any atom is 0.268 e. The highest BCUT2D eigenvalue weighted by molar-refractivity contribution is 7.92. The number of rotatable bonds is 8. The van der Waals surface area contributed by atoms with Gasteiger partial charge in [0.1, 0.15) is 35.6 Å². The molecule has 2 aromatic rings. The van der Waals surface area contributed by atoms with E-state index < -0.39 is 63.1 Å². The number of ether oxygens (including phenoxy) is 1. The van der Waals surface area contributed by atoms with Gasteiger partial charge in [0.05, 0.1) is 0 Å². The van der Waals surface area contributed by atoms with Crippen molar-refractivity contribution in [2.45, 2.75) is 29.8 Å². The largest absolute Gasteiger partial charge is 0.489 e. The van der Waals surface area contributed by atoms with Crippen molar-refractivity contribution in [2.75, 3.05) is 11.8 Å². The molecule has 1 aromatic carbocycles. The van der Waals surface area contributed by atoms with E-state index in [2.05, 4.69) is 25.1 Å². The van der Waals surface area contributed by atoms with Gasteiger partial charge in [-0.25, -0.2) is 35.9 Å². The molecule has 0 amide bonds. The summed E-state index contributed by atoms with van der Waals surface area (Å²) in [6.45, 7) is 0. The van der Waals surface area contributed by atoms with Crippen LogP contribution in [0.4, 0.5) is 23.4 Å². The standard InChI is InChI=1S/C19H18F4N4O3SSi/c1-24-15(3-5-32)12-8-19(22,23)9-16(12)30-11-6-13(20)18(14(21)7-11)31(28,29)27-17-2-4-25-10-26-17/h2-7,10,12,16,24H,8-9H2,1H3,(H,25,26,27)/b15-3-/t12-,16+/m1/s1. The first kappa shape index (κ1) is 23.9. The molecule has 1 aliphatic rings. The summed E-state index contributed by atoms with van der Waals surface area (Å²) in [5, 5.41) is 2.81. The van der Waals surface area contributed by atoms with Crippen molar-refractivity contribution >= 4 is 31.4 Å². The topological polar surface area (TPSA) is 93.2 Å². The Labute approximate surface area is 185 Å². The summed E-state index contributed by atoms with van der Waals surface area (Å²) in [6, 6.07) is 2.48. The summed E-state index contributed by atoms with van der Waals surface area (Å²) in [4.78, 5) is 6.00. The summed E-state index contributed by atoms with van der Waals surface area (Å²) in [5.74, 6) is -7.31. The van der Waals surface area contributed by atoms with Crippen LogP contribution in [0.15, 0.2) is 47.4 Å². The van der Waals surface area contributed by atoms with Crippen LogP contribution in [0.1, 0.15) is 12.8 Å². The van der Waals surface area contributed by atoms with E-state index in [0.29, 0.717) is 17.8 Å². The van der Waals surface area contributed by atoms with Crippen LogP contribution in [-0.2, 0) is 10.0 Å². The van der Waals surface area contributed by atoms with Gasteiger partial charge in [0.2, 0.25) is 0 Å². The van der Waals surface area contributed by atoms with E-state index in [9.17, 15) is 26.0 Å². The number of hydrogen-bond acceptors (Lipinski definition) is 6. The number of nitrogens with zero attached hydrogens (tertiary/aromatic N) is 2. The molecule has 2 N–H and O–H groups in total. The quantitative estimate of drug-likeness (QED) is 0.440. The van der Waals surface area contributed by atoms with E-state index in [1.54, 1.807) is 7.05 Å². The molecule has 32 heavy (non-hydrogen) atoms. The minimum atomic E-state index is -4.67. The highest BCUT2D eigenvalue weighted by Gasteiger charge is 2.49. The first-order valence-electron chi connectivity index (χ1n) is 9.27. The molecule has 1 aromatic heterocycles. The summed E-state index contributed by atoms with van der Waals surface area (Å²) in [5.41, 5.74) is 1.92. The van der Waals surface area contributed by atoms with Gasteiger partial charge in [0.25, 0.3) is 15.9 Å². The van der Waals surface area contributed by atoms with Crippen molar-refractivity contribution in [1.82, 2.24) is 15.3 Å². The number of alkyl halides is 2. The minimum absolute atomic E-state index is 0.190. The summed E-state index contributed by atoms with van der Waals surface area (Å²) >= 11 is 0. The predicted octanol–water partition coefficient (Wildman–Crippen LogP) is 2.42. The van der Waals surface area contributed by atoms with E-state index in [4.69, 9.17) is 4.74 Å². The lowest BCUT2D eigenvalue weighted by Gasteiger charge is -2.23. The molecular formula is C19H18F4N4O3SSi. The number of aromatic nitrogens is 2. The van der Waals surface area contributed by atoms with Crippen LogP contribution >= 0.6 is 0 Å². The van der Waals surface area contributed by atoms with Gasteiger partial charge in [0.15, 0.2) is 4.90 Å². The number of benzene rings is 1. The number of halogens is 4. The highest BCUT2D eigenvalue weighted by atomic mass is 32.2. The predicted molar refractivity (Wildman–Crippen MR) is 110 cm³/mol. The Morgan fingerprint density at radius 3 is 2.53 bits per heavy atom. The maximum absolute atomic E-state index is 14.6. The third-order valence-corrected chi connectivity index (χ3v) is 6.34. The Morgan fingerprint density at radius 2 is 1.97 bits per heavy atom. The summed E-state index contributed by atoms with van der Waals surface area (Å²) in [6.07, 6.45) is 1.53. The van der Waals surface area contributed by atoms with Gasteiger partial charge in [-0.15, -0.1) is 0 Å². The Hall–Kier alpha value is -2.80. The van der Waals surface area contributed by atoms with Crippen LogP contribution in [-0.4, -0.2) is 53.0 Å². The molecule has 1 aliphatic carbocycles. The first-order valence-corrected chi connectivity index (χ1v) is 11.3. The molecule has 1 heterocycles. The van der Waals surface area contributed by atoms with Crippen LogP contribution < -0.4 is 14.8 Å². The zero-order valence-electron chi connectivity index (χ0n) is 16.6. The lowest BCUT2D eigenvalue weighted by atomic mass is 10.0. The zero-order chi connectivity index (χ0) is 23.5. The molecule has 1 fully saturated rings. The van der Waals surface area contributed by atoms with Crippen molar-refractivity contribution in [2.24, 2.45) is 5.92 Å². The van der Waals surface area contributed by atoms with Gasteiger partial charge in [-0.2, -0.15) is 0 Å². The molecule has 1 saturated carbocycles. The summed E-state index contributed by atoms with van der Waals surface area (Å²) < 4.78 is 89.7. The lowest BCUT2D eigenvalue weighted by molar-refractivity contribution is -0.00168. The van der Waals surface area contributed by atoms with E-state index >= 15 is 0 Å². The highest BCUT2D eigenvalue weighted by Crippen LogP contribution is 2.43. The van der Waals surface area contributed by atoms with Crippen LogP contribution in [0.5, 0.6) is 5.75 Å². The fourth-order valence-corrected chi connectivity index (χ4v) is 4.77. The zero-order valence-corrected chi connectivity index (χ0v) is 18.5. The van der Waals surface area contributed by atoms with E-state index in [1.165, 1.54) is 24.0 Å². The SMILES string of the molecule is CN/C(=C\C=[Si])[C@H]1CC(F)(F)C[C@@H]1Oc1cc(F)c(S(=O)(=O)Nc2ccncn2)c(F)c1. The monoisotopic (exact) mass is 486 g/mol. The van der Waals surface area contributed by atoms with Crippen LogP contribution in [0.3, 0.4) is 0 Å². The molecule has 3 rings (SSSR count). The Kier molecular flexibility index (Phi) is 6.98. The molecule has 0 unspecified atom stereocenters. The first-order chi connectivity index (χ1) is 15.1. The molecule has 13 heteroatoms. The lowest BCUT2D eigenvalue weighted by Crippen LogP contribution is -2.28. The number of allylic oxidation sites excluding steroid dienone is 1. The Balaban J connectivity index is 1.89. The second-order valence-electron chi connectivity index (χ2n) is 6.98. The normalized spacial score (nSPS) is 20.6. The fourth-order valence-electron chi connectivity index (χ4n) is 3.47. The van der Waals surface area contributed by atoms with Gasteiger partial charge in [0, 0.05) is 59.7 Å². The molecule has 0 saturated heterocycles. The molecule has 0 bridgehead atoms. The average Bonchev–Trinajstić information content (AvgIpc) is 2.99. The fraction of sp³-hybridized carbons (Fsp3) is 0.316. The minimum Gasteiger partial charge on any atom is -0.489 e. The van der Waals surface area contributed by atoms with E-state index in [0.717, 1.165) is 6.33 Å². The number of hydrogen-bond donors (Lipinski definition) is 2. The molecular weight excluding hydrogens is 468 g/mol. The average molecular weight is 487 g/mol. The van der Waals surface area contributed by atoms with E-state index in [-0.39, 0.29) is 5.82 Å². The molecule has 2 radical (unpaired) electrons. The maximum atomic E-state index is 14.6. The molecule has 2 atom stereocenters. The van der Waals surface area contributed by atoms with Crippen LogP contribution in [0.25, 0.3) is 0 Å². The Morgan fingerprint density at radius 1 is 1.28 bits per heavy atom. The molecule has 0 aliphatic heterocycles. The number of nitrogens with one attached hydrogen (secondary N) is 2. The van der Waals surface area contributed by atoms with Crippen LogP contribution in [0, 0.1) is 17.6 Å². The number of sulfonamides is 1. The van der Waals surface area contributed by atoms with Gasteiger partial charge in [-0.05, 0) is 12.1 Å². The number of anilines is 1.